The van der Waals surface area contributed by atoms with Gasteiger partial charge >= 0.3 is 0 Å². The molecule has 3 aromatic heterocycles. The van der Waals surface area contributed by atoms with Gasteiger partial charge in [-0.25, -0.2) is 4.98 Å². The number of aryl methyl sites for hydroxylation is 1. The minimum atomic E-state index is 0.629. The molecule has 0 saturated carbocycles. The fourth-order valence-corrected chi connectivity index (χ4v) is 3.48. The molecule has 7 heteroatoms. The van der Waals surface area contributed by atoms with Crippen molar-refractivity contribution in [2.75, 3.05) is 24.5 Å². The van der Waals surface area contributed by atoms with Crippen LogP contribution in [0.3, 0.4) is 0 Å². The number of anilines is 1. The summed E-state index contributed by atoms with van der Waals surface area (Å²) in [5, 5.41) is 11.8. The largest absolute Gasteiger partial charge is 0.353 e. The van der Waals surface area contributed by atoms with Crippen molar-refractivity contribution < 1.29 is 0 Å². The van der Waals surface area contributed by atoms with E-state index in [0.29, 0.717) is 5.92 Å². The first kappa shape index (κ1) is 15.1. The number of rotatable bonds is 5. The van der Waals surface area contributed by atoms with Gasteiger partial charge in [-0.3, -0.25) is 4.40 Å². The molecule has 4 heterocycles. The number of hydrogen-bond acceptors (Lipinski definition) is 5. The van der Waals surface area contributed by atoms with Crippen LogP contribution in [0.2, 0.25) is 0 Å². The fourth-order valence-electron chi connectivity index (χ4n) is 3.48. The van der Waals surface area contributed by atoms with E-state index in [1.165, 1.54) is 18.5 Å². The van der Waals surface area contributed by atoms with Crippen LogP contribution >= 0.6 is 0 Å². The van der Waals surface area contributed by atoms with Crippen LogP contribution in [0.15, 0.2) is 37.1 Å². The Balaban J connectivity index is 1.39. The molecule has 126 valence electrons. The third-order valence-corrected chi connectivity index (χ3v) is 4.81. The van der Waals surface area contributed by atoms with Gasteiger partial charge in [-0.1, -0.05) is 0 Å². The van der Waals surface area contributed by atoms with Gasteiger partial charge in [-0.05, 0) is 30.9 Å². The van der Waals surface area contributed by atoms with Gasteiger partial charge in [-0.15, -0.1) is 10.2 Å². The molecule has 1 aliphatic rings. The van der Waals surface area contributed by atoms with Gasteiger partial charge in [-0.2, -0.15) is 0 Å². The van der Waals surface area contributed by atoms with E-state index < -0.39 is 0 Å². The highest BCUT2D eigenvalue weighted by atomic mass is 15.3. The van der Waals surface area contributed by atoms with Crippen LogP contribution in [-0.4, -0.2) is 43.8 Å². The Hall–Kier alpha value is -2.41. The highest BCUT2D eigenvalue weighted by Crippen LogP contribution is 2.23. The zero-order chi connectivity index (χ0) is 16.4. The molecule has 0 aliphatic carbocycles. The van der Waals surface area contributed by atoms with E-state index in [4.69, 9.17) is 0 Å². The quantitative estimate of drug-likeness (QED) is 0.770. The van der Waals surface area contributed by atoms with Crippen LogP contribution in [-0.2, 0) is 13.6 Å². The van der Waals surface area contributed by atoms with Gasteiger partial charge in [0.25, 0.3) is 0 Å². The number of aromatic nitrogens is 5. The summed E-state index contributed by atoms with van der Waals surface area (Å²) in [6, 6.07) is 4.25. The lowest BCUT2D eigenvalue weighted by Gasteiger charge is -2.33. The van der Waals surface area contributed by atoms with Crippen molar-refractivity contribution in [2.24, 2.45) is 13.0 Å². The average molecular weight is 325 g/mol. The summed E-state index contributed by atoms with van der Waals surface area (Å²) in [4.78, 5) is 6.90. The molecule has 0 amide bonds. The molecule has 7 nitrogen and oxygen atoms in total. The van der Waals surface area contributed by atoms with E-state index in [9.17, 15) is 0 Å². The van der Waals surface area contributed by atoms with Crippen molar-refractivity contribution in [1.82, 2.24) is 29.5 Å². The Morgan fingerprint density at radius 3 is 3.17 bits per heavy atom. The second-order valence-corrected chi connectivity index (χ2v) is 6.51. The summed E-state index contributed by atoms with van der Waals surface area (Å²) >= 11 is 0. The highest BCUT2D eigenvalue weighted by Gasteiger charge is 2.23. The van der Waals surface area contributed by atoms with Crippen molar-refractivity contribution in [2.45, 2.75) is 19.4 Å². The maximum Gasteiger partial charge on any atom is 0.203 e. The molecular formula is C17H23N7. The van der Waals surface area contributed by atoms with E-state index >= 15 is 0 Å². The van der Waals surface area contributed by atoms with Crippen LogP contribution in [0.1, 0.15) is 18.5 Å². The van der Waals surface area contributed by atoms with E-state index in [-0.39, 0.29) is 0 Å². The molecule has 0 bridgehead atoms. The molecule has 3 aromatic rings. The monoisotopic (exact) mass is 325 g/mol. The van der Waals surface area contributed by atoms with Gasteiger partial charge < -0.3 is 14.8 Å². The first-order valence-corrected chi connectivity index (χ1v) is 8.51. The average Bonchev–Trinajstić information content (AvgIpc) is 3.24. The maximum absolute atomic E-state index is 4.55. The molecule has 24 heavy (non-hydrogen) atoms. The predicted octanol–water partition coefficient (Wildman–Crippen LogP) is 1.47. The van der Waals surface area contributed by atoms with Crippen LogP contribution in [0.4, 0.5) is 5.82 Å². The Labute approximate surface area is 141 Å². The topological polar surface area (TPSA) is 63.3 Å². The maximum atomic E-state index is 4.55. The summed E-state index contributed by atoms with van der Waals surface area (Å²) in [5.41, 5.74) is 2.16. The first-order valence-electron chi connectivity index (χ1n) is 8.51. The lowest BCUT2D eigenvalue weighted by atomic mass is 9.98. The Morgan fingerprint density at radius 1 is 1.33 bits per heavy atom. The number of nitrogens with zero attached hydrogens (tertiary/aromatic N) is 6. The summed E-state index contributed by atoms with van der Waals surface area (Å²) in [6.07, 6.45) is 9.97. The van der Waals surface area contributed by atoms with Gasteiger partial charge in [0.1, 0.15) is 6.33 Å². The standard InChI is InChI=1S/C17H23N7/c1-22-7-3-5-15(22)11-18-10-14-4-2-8-23(12-14)16-17-21-20-13-24(17)9-6-19-16/h3,5-7,9,13-14,18H,2,4,8,10-12H2,1H3/t14-/m1/s1. The Morgan fingerprint density at radius 2 is 2.29 bits per heavy atom. The lowest BCUT2D eigenvalue weighted by Crippen LogP contribution is -2.40. The van der Waals surface area contributed by atoms with Crippen LogP contribution < -0.4 is 10.2 Å². The van der Waals surface area contributed by atoms with E-state index in [1.807, 2.05) is 16.8 Å². The zero-order valence-electron chi connectivity index (χ0n) is 14.0. The molecule has 1 N–H and O–H groups in total. The molecule has 1 fully saturated rings. The Kier molecular flexibility index (Phi) is 4.17. The third kappa shape index (κ3) is 2.99. The summed E-state index contributed by atoms with van der Waals surface area (Å²) < 4.78 is 4.09. The van der Waals surface area contributed by atoms with Crippen molar-refractivity contribution in [3.05, 3.63) is 42.7 Å². The second kappa shape index (κ2) is 6.60. The van der Waals surface area contributed by atoms with Crippen molar-refractivity contribution in [3.63, 3.8) is 0 Å². The molecule has 0 radical (unpaired) electrons. The summed E-state index contributed by atoms with van der Waals surface area (Å²) in [5.74, 6) is 1.58. The second-order valence-electron chi connectivity index (χ2n) is 6.51. The molecule has 0 aromatic carbocycles. The van der Waals surface area contributed by atoms with Gasteiger partial charge in [0.05, 0.1) is 0 Å². The third-order valence-electron chi connectivity index (χ3n) is 4.81. The van der Waals surface area contributed by atoms with E-state index in [2.05, 4.69) is 55.3 Å². The van der Waals surface area contributed by atoms with Crippen LogP contribution in [0.25, 0.3) is 5.65 Å². The Bertz CT molecular complexity index is 806. The SMILES string of the molecule is Cn1cccc1CNC[C@H]1CCCN(c2nccn3cnnc23)C1. The first-order chi connectivity index (χ1) is 11.8. The van der Waals surface area contributed by atoms with Crippen molar-refractivity contribution in [1.29, 1.82) is 0 Å². The summed E-state index contributed by atoms with van der Waals surface area (Å²) in [7, 11) is 2.09. The van der Waals surface area contributed by atoms with Crippen LogP contribution in [0, 0.1) is 5.92 Å². The summed E-state index contributed by atoms with van der Waals surface area (Å²) in [6.45, 7) is 3.99. The number of fused-ring (bicyclic) bond motifs is 1. The number of nitrogens with one attached hydrogen (secondary N) is 1. The van der Waals surface area contributed by atoms with Crippen molar-refractivity contribution in [3.8, 4) is 0 Å². The van der Waals surface area contributed by atoms with E-state index in [0.717, 1.165) is 37.6 Å². The molecule has 1 saturated heterocycles. The highest BCUT2D eigenvalue weighted by molar-refractivity contribution is 5.63. The van der Waals surface area contributed by atoms with E-state index in [1.54, 1.807) is 6.33 Å². The molecule has 4 rings (SSSR count). The minimum Gasteiger partial charge on any atom is -0.353 e. The fraction of sp³-hybridized carbons (Fsp3) is 0.471. The van der Waals surface area contributed by atoms with Gasteiger partial charge in [0.2, 0.25) is 5.65 Å². The molecule has 1 aliphatic heterocycles. The molecule has 0 spiro atoms. The zero-order valence-corrected chi connectivity index (χ0v) is 14.0. The van der Waals surface area contributed by atoms with Gasteiger partial charge in [0, 0.05) is 57.5 Å². The van der Waals surface area contributed by atoms with Crippen LogP contribution in [0.5, 0.6) is 0 Å². The minimum absolute atomic E-state index is 0.629. The van der Waals surface area contributed by atoms with Crippen molar-refractivity contribution >= 4 is 11.5 Å². The normalized spacial score (nSPS) is 18.4. The number of piperidine rings is 1. The lowest BCUT2D eigenvalue weighted by molar-refractivity contribution is 0.388. The number of hydrogen-bond donors (Lipinski definition) is 1. The molecule has 1 atom stereocenters. The molecular weight excluding hydrogens is 302 g/mol. The predicted molar refractivity (Wildman–Crippen MR) is 92.8 cm³/mol. The smallest absolute Gasteiger partial charge is 0.203 e. The van der Waals surface area contributed by atoms with Gasteiger partial charge in [0.15, 0.2) is 5.82 Å². The molecule has 0 unspecified atom stereocenters.